The van der Waals surface area contributed by atoms with Crippen LogP contribution in [0.15, 0.2) is 59.5 Å². The van der Waals surface area contributed by atoms with E-state index in [4.69, 9.17) is 36.2 Å². The summed E-state index contributed by atoms with van der Waals surface area (Å²) in [5.41, 5.74) is 1.38. The molecule has 0 heterocycles. The highest BCUT2D eigenvalue weighted by atomic mass is 35.5. The molecule has 192 valence electrons. The minimum atomic E-state index is -3.89. The first-order chi connectivity index (χ1) is 17.5. The maximum atomic E-state index is 13.2. The van der Waals surface area contributed by atoms with Crippen molar-refractivity contribution < 1.29 is 32.2 Å². The van der Waals surface area contributed by atoms with Crippen LogP contribution in [0, 0.1) is 18.3 Å². The summed E-state index contributed by atoms with van der Waals surface area (Å²) in [7, 11) is -2.47. The second-order valence-electron chi connectivity index (χ2n) is 7.71. The minimum Gasteiger partial charge on any atom is -0.483 e. The van der Waals surface area contributed by atoms with Gasteiger partial charge in [0.05, 0.1) is 27.1 Å². The normalized spacial score (nSPS) is 10.9. The maximum absolute atomic E-state index is 13.2. The Kier molecular flexibility index (Phi) is 8.86. The molecule has 3 rings (SSSR count). The van der Waals surface area contributed by atoms with Crippen molar-refractivity contribution >= 4 is 39.0 Å². The molecule has 0 radical (unpaired) electrons. The van der Waals surface area contributed by atoms with Gasteiger partial charge in [-0.3, -0.25) is 9.59 Å². The van der Waals surface area contributed by atoms with Crippen molar-refractivity contribution in [3.8, 4) is 17.6 Å². The van der Waals surface area contributed by atoms with Crippen molar-refractivity contribution in [3.05, 3.63) is 81.9 Å². The number of hydrogen-bond donors (Lipinski definition) is 2. The summed E-state index contributed by atoms with van der Waals surface area (Å²) < 4.78 is 39.0. The molecule has 37 heavy (non-hydrogen) atoms. The van der Waals surface area contributed by atoms with E-state index in [1.54, 1.807) is 19.1 Å². The van der Waals surface area contributed by atoms with E-state index in [0.29, 0.717) is 16.8 Å². The lowest BCUT2D eigenvalue weighted by Crippen LogP contribution is -2.22. The molecule has 3 N–H and O–H groups in total. The highest BCUT2D eigenvalue weighted by Crippen LogP contribution is 2.34. The number of benzene rings is 3. The fraction of sp³-hybridized carbons (Fsp3) is 0.160. The number of ether oxygens (including phenoxy) is 3. The quantitative estimate of drug-likeness (QED) is 0.291. The van der Waals surface area contributed by atoms with E-state index >= 15 is 0 Å². The van der Waals surface area contributed by atoms with Gasteiger partial charge in [-0.2, -0.15) is 5.26 Å². The number of nitrogens with zero attached hydrogens (tertiary/aromatic N) is 1. The molecule has 0 aliphatic carbocycles. The third-order valence-electron chi connectivity index (χ3n) is 5.02. The smallest absolute Gasteiger partial charge is 0.262 e. The van der Waals surface area contributed by atoms with Crippen LogP contribution in [-0.4, -0.2) is 40.6 Å². The van der Waals surface area contributed by atoms with Gasteiger partial charge in [0.15, 0.2) is 19.2 Å². The van der Waals surface area contributed by atoms with Crippen LogP contribution in [0.25, 0.3) is 0 Å². The van der Waals surface area contributed by atoms with Gasteiger partial charge in [0.1, 0.15) is 11.5 Å². The first kappa shape index (κ1) is 27.6. The number of primary sulfonamides is 1. The van der Waals surface area contributed by atoms with Crippen LogP contribution in [0.5, 0.6) is 11.5 Å². The van der Waals surface area contributed by atoms with E-state index in [1.165, 1.54) is 49.6 Å². The summed E-state index contributed by atoms with van der Waals surface area (Å²) in [4.78, 5) is 25.7. The Bertz CT molecular complexity index is 1500. The van der Waals surface area contributed by atoms with Crippen LogP contribution < -0.4 is 19.9 Å². The van der Waals surface area contributed by atoms with E-state index in [0.717, 1.165) is 0 Å². The molecule has 0 unspecified atom stereocenters. The SMILES string of the molecule is COCOc1cc(OCC(=O)Nc2ccc(S(N)(=O)=O)cc2C)c(C(=O)c2cccc(C#N)c2)cc1Cl. The van der Waals surface area contributed by atoms with Crippen LogP contribution in [0.3, 0.4) is 0 Å². The number of aryl methyl sites for hydroxylation is 1. The van der Waals surface area contributed by atoms with Gasteiger partial charge in [-0.1, -0.05) is 23.7 Å². The number of nitrogens with two attached hydrogens (primary N) is 1. The fourth-order valence-electron chi connectivity index (χ4n) is 3.23. The summed E-state index contributed by atoms with van der Waals surface area (Å²) in [5.74, 6) is -0.886. The zero-order valence-electron chi connectivity index (χ0n) is 19.8. The number of carbonyl (C=O) groups excluding carboxylic acids is 2. The van der Waals surface area contributed by atoms with Crippen LogP contribution in [0.1, 0.15) is 27.0 Å². The van der Waals surface area contributed by atoms with Gasteiger partial charge in [-0.05, 0) is 48.9 Å². The predicted octanol–water partition coefficient (Wildman–Crippen LogP) is 3.40. The van der Waals surface area contributed by atoms with Crippen LogP contribution in [0.2, 0.25) is 5.02 Å². The van der Waals surface area contributed by atoms with Gasteiger partial charge in [0, 0.05) is 24.4 Å². The fourth-order valence-corrected chi connectivity index (χ4v) is 4.05. The summed E-state index contributed by atoms with van der Waals surface area (Å²) in [5, 5.41) is 17.0. The lowest BCUT2D eigenvalue weighted by Gasteiger charge is -2.15. The number of anilines is 1. The number of nitrogens with one attached hydrogen (secondary N) is 1. The van der Waals surface area contributed by atoms with Crippen molar-refractivity contribution in [1.29, 1.82) is 5.26 Å². The van der Waals surface area contributed by atoms with Gasteiger partial charge in [-0.15, -0.1) is 0 Å². The van der Waals surface area contributed by atoms with Gasteiger partial charge < -0.3 is 19.5 Å². The number of ketones is 1. The second kappa shape index (κ2) is 11.9. The molecule has 3 aromatic rings. The molecule has 3 aromatic carbocycles. The highest BCUT2D eigenvalue weighted by Gasteiger charge is 2.20. The molecule has 0 aromatic heterocycles. The number of rotatable bonds is 10. The van der Waals surface area contributed by atoms with Crippen molar-refractivity contribution in [2.24, 2.45) is 5.14 Å². The monoisotopic (exact) mass is 543 g/mol. The van der Waals surface area contributed by atoms with E-state index in [2.05, 4.69) is 5.32 Å². The molecule has 0 aliphatic rings. The number of methoxy groups -OCH3 is 1. The predicted molar refractivity (Wildman–Crippen MR) is 135 cm³/mol. The number of hydrogen-bond acceptors (Lipinski definition) is 8. The molecule has 10 nitrogen and oxygen atoms in total. The summed E-state index contributed by atoms with van der Waals surface area (Å²) in [6.07, 6.45) is 0. The van der Waals surface area contributed by atoms with Crippen molar-refractivity contribution in [3.63, 3.8) is 0 Å². The van der Waals surface area contributed by atoms with E-state index in [-0.39, 0.29) is 39.3 Å². The molecule has 0 saturated carbocycles. The van der Waals surface area contributed by atoms with Crippen LogP contribution in [-0.2, 0) is 19.6 Å². The third kappa shape index (κ3) is 7.05. The van der Waals surface area contributed by atoms with Gasteiger partial charge >= 0.3 is 0 Å². The first-order valence-electron chi connectivity index (χ1n) is 10.6. The van der Waals surface area contributed by atoms with Gasteiger partial charge in [0.25, 0.3) is 5.91 Å². The Balaban J connectivity index is 1.86. The Morgan fingerprint density at radius 3 is 2.49 bits per heavy atom. The Labute approximate surface area is 218 Å². The lowest BCUT2D eigenvalue weighted by molar-refractivity contribution is -0.118. The number of amides is 1. The Hall–Kier alpha value is -3.95. The number of nitriles is 1. The summed E-state index contributed by atoms with van der Waals surface area (Å²) >= 11 is 6.29. The molecule has 1 amide bonds. The van der Waals surface area contributed by atoms with Crippen molar-refractivity contribution in [2.75, 3.05) is 25.8 Å². The zero-order chi connectivity index (χ0) is 27.2. The molecular weight excluding hydrogens is 522 g/mol. The summed E-state index contributed by atoms with van der Waals surface area (Å²) in [6, 6.07) is 14.8. The van der Waals surface area contributed by atoms with Gasteiger partial charge in [-0.25, -0.2) is 13.6 Å². The number of halogens is 1. The number of sulfonamides is 1. The van der Waals surface area contributed by atoms with Crippen molar-refractivity contribution in [2.45, 2.75) is 11.8 Å². The molecule has 0 bridgehead atoms. The van der Waals surface area contributed by atoms with Gasteiger partial charge in [0.2, 0.25) is 10.0 Å². The molecule has 12 heteroatoms. The first-order valence-corrected chi connectivity index (χ1v) is 12.5. The molecule has 0 aliphatic heterocycles. The lowest BCUT2D eigenvalue weighted by atomic mass is 10.0. The second-order valence-corrected chi connectivity index (χ2v) is 9.68. The van der Waals surface area contributed by atoms with Crippen molar-refractivity contribution in [1.82, 2.24) is 0 Å². The number of carbonyl (C=O) groups is 2. The molecule has 0 spiro atoms. The largest absolute Gasteiger partial charge is 0.483 e. The topological polar surface area (TPSA) is 158 Å². The van der Waals surface area contributed by atoms with E-state index in [9.17, 15) is 18.0 Å². The average Bonchev–Trinajstić information content (AvgIpc) is 2.87. The van der Waals surface area contributed by atoms with Crippen LogP contribution >= 0.6 is 11.6 Å². The van der Waals surface area contributed by atoms with E-state index in [1.807, 2.05) is 6.07 Å². The Morgan fingerprint density at radius 2 is 1.84 bits per heavy atom. The highest BCUT2D eigenvalue weighted by molar-refractivity contribution is 7.89. The van der Waals surface area contributed by atoms with E-state index < -0.39 is 28.3 Å². The Morgan fingerprint density at radius 1 is 1.08 bits per heavy atom. The minimum absolute atomic E-state index is 0.0132. The molecular formula is C25H22ClN3O7S. The zero-order valence-corrected chi connectivity index (χ0v) is 21.4. The third-order valence-corrected chi connectivity index (χ3v) is 6.23. The molecule has 0 atom stereocenters. The molecule has 0 saturated heterocycles. The maximum Gasteiger partial charge on any atom is 0.262 e. The van der Waals surface area contributed by atoms with Crippen LogP contribution in [0.4, 0.5) is 5.69 Å². The molecule has 0 fully saturated rings. The standard InChI is InChI=1S/C25H22ClN3O7S/c1-15-8-18(37(28,32)33)6-7-21(15)29-24(30)13-35-22-11-23(36-14-34-2)20(26)10-19(22)25(31)17-5-3-4-16(9-17)12-27/h3-11H,13-14H2,1-2H3,(H,29,30)(H2,28,32,33). The average molecular weight is 544 g/mol. The summed E-state index contributed by atoms with van der Waals surface area (Å²) in [6.45, 7) is 0.987.